The zero-order valence-corrected chi connectivity index (χ0v) is 16.6. The van der Waals surface area contributed by atoms with Gasteiger partial charge in [0.25, 0.3) is 0 Å². The molecule has 0 aliphatic carbocycles. The molecule has 3 heterocycles. The highest BCUT2D eigenvalue weighted by atomic mass is 32.1. The zero-order valence-electron chi connectivity index (χ0n) is 15.0. The third kappa shape index (κ3) is 3.84. The molecule has 3 aromatic heterocycles. The Bertz CT molecular complexity index is 1080. The van der Waals surface area contributed by atoms with Crippen LogP contribution in [0.3, 0.4) is 0 Å². The number of anilines is 1. The van der Waals surface area contributed by atoms with Crippen molar-refractivity contribution in [1.29, 1.82) is 0 Å². The Balaban J connectivity index is 1.56. The number of benzene rings is 1. The van der Waals surface area contributed by atoms with Crippen LogP contribution >= 0.6 is 22.7 Å². The van der Waals surface area contributed by atoms with E-state index in [4.69, 9.17) is 4.98 Å². The van der Waals surface area contributed by atoms with Gasteiger partial charge in [0.15, 0.2) is 5.13 Å². The van der Waals surface area contributed by atoms with Gasteiger partial charge in [0, 0.05) is 5.38 Å². The number of thiazole rings is 1. The van der Waals surface area contributed by atoms with Crippen LogP contribution < -0.4 is 5.32 Å². The lowest BCUT2D eigenvalue weighted by Crippen LogP contribution is -2.17. The molecule has 0 spiro atoms. The first kappa shape index (κ1) is 17.6. The van der Waals surface area contributed by atoms with Gasteiger partial charge in [-0.2, -0.15) is 0 Å². The Morgan fingerprint density at radius 2 is 2.07 bits per heavy atom. The van der Waals surface area contributed by atoms with Crippen molar-refractivity contribution in [1.82, 2.24) is 14.5 Å². The predicted octanol–water partition coefficient (Wildman–Crippen LogP) is 4.86. The summed E-state index contributed by atoms with van der Waals surface area (Å²) < 4.78 is 1.88. The van der Waals surface area contributed by atoms with Crippen molar-refractivity contribution in [2.24, 2.45) is 0 Å². The van der Waals surface area contributed by atoms with Crippen LogP contribution in [0.2, 0.25) is 0 Å². The number of amides is 1. The number of rotatable bonds is 5. The second kappa shape index (κ2) is 7.46. The van der Waals surface area contributed by atoms with Gasteiger partial charge in [-0.15, -0.1) is 22.7 Å². The Hall–Kier alpha value is -2.77. The van der Waals surface area contributed by atoms with E-state index in [-0.39, 0.29) is 5.91 Å². The first-order chi connectivity index (χ1) is 13.1. The third-order valence-corrected chi connectivity index (χ3v) is 5.83. The molecular weight excluding hydrogens is 376 g/mol. The van der Waals surface area contributed by atoms with E-state index in [2.05, 4.69) is 16.4 Å². The number of aryl methyl sites for hydroxylation is 2. The van der Waals surface area contributed by atoms with Crippen LogP contribution in [0.1, 0.15) is 17.0 Å². The fourth-order valence-corrected chi connectivity index (χ4v) is 4.52. The Labute approximate surface area is 165 Å². The van der Waals surface area contributed by atoms with Crippen molar-refractivity contribution < 1.29 is 4.79 Å². The largest absolute Gasteiger partial charge is 0.310 e. The smallest absolute Gasteiger partial charge is 0.229 e. The molecule has 1 aromatic carbocycles. The van der Waals surface area contributed by atoms with Gasteiger partial charge in [-0.1, -0.05) is 35.9 Å². The van der Waals surface area contributed by atoms with Crippen LogP contribution in [-0.4, -0.2) is 20.4 Å². The lowest BCUT2D eigenvalue weighted by Gasteiger charge is -2.09. The molecule has 0 saturated carbocycles. The molecule has 0 radical (unpaired) electrons. The van der Waals surface area contributed by atoms with Crippen molar-refractivity contribution in [2.75, 3.05) is 5.32 Å². The third-order valence-electron chi connectivity index (χ3n) is 4.11. The summed E-state index contributed by atoms with van der Waals surface area (Å²) in [6, 6.07) is 12.0. The SMILES string of the molecule is Cc1cccc(CC(=O)Nc2cnc(C)n2-c2nc(-c3cccs3)cs2)c1. The van der Waals surface area contributed by atoms with E-state index in [1.54, 1.807) is 17.5 Å². The Morgan fingerprint density at radius 1 is 1.19 bits per heavy atom. The van der Waals surface area contributed by atoms with E-state index in [1.807, 2.05) is 59.5 Å². The monoisotopic (exact) mass is 394 g/mol. The molecule has 0 saturated heterocycles. The number of imidazole rings is 1. The number of carbonyl (C=O) groups excluding carboxylic acids is 1. The standard InChI is InChI=1S/C20H18N4OS2/c1-13-5-3-6-15(9-13)10-19(25)23-18-11-21-14(2)24(18)20-22-16(12-27-20)17-7-4-8-26-17/h3-9,11-12H,10H2,1-2H3,(H,23,25). The molecular formula is C20H18N4OS2. The van der Waals surface area contributed by atoms with E-state index >= 15 is 0 Å². The Kier molecular flexibility index (Phi) is 4.87. The number of hydrogen-bond acceptors (Lipinski definition) is 5. The van der Waals surface area contributed by atoms with Crippen LogP contribution in [0.25, 0.3) is 15.7 Å². The Morgan fingerprint density at radius 3 is 2.85 bits per heavy atom. The minimum Gasteiger partial charge on any atom is -0.310 e. The number of aromatic nitrogens is 3. The molecule has 7 heteroatoms. The number of nitrogens with zero attached hydrogens (tertiary/aromatic N) is 3. The molecule has 0 aliphatic heterocycles. The minimum absolute atomic E-state index is 0.0724. The van der Waals surface area contributed by atoms with Gasteiger partial charge >= 0.3 is 0 Å². The molecule has 0 fully saturated rings. The molecule has 1 N–H and O–H groups in total. The molecule has 136 valence electrons. The van der Waals surface area contributed by atoms with Crippen LogP contribution in [0.5, 0.6) is 0 Å². The maximum Gasteiger partial charge on any atom is 0.229 e. The summed E-state index contributed by atoms with van der Waals surface area (Å²) in [6.07, 6.45) is 2.00. The number of nitrogens with one attached hydrogen (secondary N) is 1. The van der Waals surface area contributed by atoms with Crippen molar-refractivity contribution in [3.63, 3.8) is 0 Å². The second-order valence-electron chi connectivity index (χ2n) is 6.23. The second-order valence-corrected chi connectivity index (χ2v) is 8.02. The van der Waals surface area contributed by atoms with Crippen molar-refractivity contribution in [3.8, 4) is 15.7 Å². The average Bonchev–Trinajstić information content (AvgIpc) is 3.35. The summed E-state index contributed by atoms with van der Waals surface area (Å²) in [5.74, 6) is 1.35. The molecule has 5 nitrogen and oxygen atoms in total. The molecule has 4 rings (SSSR count). The molecule has 0 bridgehead atoms. The lowest BCUT2D eigenvalue weighted by atomic mass is 10.1. The fourth-order valence-electron chi connectivity index (χ4n) is 2.87. The maximum atomic E-state index is 12.5. The van der Waals surface area contributed by atoms with Gasteiger partial charge in [-0.25, -0.2) is 9.97 Å². The van der Waals surface area contributed by atoms with E-state index in [1.165, 1.54) is 11.3 Å². The topological polar surface area (TPSA) is 59.8 Å². The van der Waals surface area contributed by atoms with E-state index < -0.39 is 0 Å². The van der Waals surface area contributed by atoms with E-state index in [0.29, 0.717) is 12.2 Å². The van der Waals surface area contributed by atoms with Crippen LogP contribution in [0, 0.1) is 13.8 Å². The highest BCUT2D eigenvalue weighted by Gasteiger charge is 2.15. The highest BCUT2D eigenvalue weighted by molar-refractivity contribution is 7.15. The van der Waals surface area contributed by atoms with Crippen LogP contribution in [-0.2, 0) is 11.2 Å². The van der Waals surface area contributed by atoms with E-state index in [0.717, 1.165) is 32.7 Å². The fraction of sp³-hybridized carbons (Fsp3) is 0.150. The zero-order chi connectivity index (χ0) is 18.8. The molecule has 0 atom stereocenters. The highest BCUT2D eigenvalue weighted by Crippen LogP contribution is 2.29. The van der Waals surface area contributed by atoms with Crippen molar-refractivity contribution in [3.05, 3.63) is 70.3 Å². The molecule has 0 aliphatic rings. The van der Waals surface area contributed by atoms with Crippen molar-refractivity contribution >= 4 is 34.4 Å². The molecule has 1 amide bonds. The van der Waals surface area contributed by atoms with Gasteiger partial charge in [0.2, 0.25) is 5.91 Å². The van der Waals surface area contributed by atoms with Gasteiger partial charge in [0.1, 0.15) is 11.6 Å². The summed E-state index contributed by atoms with van der Waals surface area (Å²) in [6.45, 7) is 3.93. The van der Waals surface area contributed by atoms with Gasteiger partial charge in [-0.3, -0.25) is 9.36 Å². The predicted molar refractivity (Wildman–Crippen MR) is 111 cm³/mol. The first-order valence-electron chi connectivity index (χ1n) is 8.49. The number of hydrogen-bond donors (Lipinski definition) is 1. The summed E-state index contributed by atoms with van der Waals surface area (Å²) in [5.41, 5.74) is 3.07. The van der Waals surface area contributed by atoms with Gasteiger partial charge in [-0.05, 0) is 30.9 Å². The normalized spacial score (nSPS) is 10.9. The average molecular weight is 395 g/mol. The number of carbonyl (C=O) groups is 1. The quantitative estimate of drug-likeness (QED) is 0.526. The molecule has 27 heavy (non-hydrogen) atoms. The summed E-state index contributed by atoms with van der Waals surface area (Å²) in [5, 5.41) is 7.83. The molecule has 0 unspecified atom stereocenters. The first-order valence-corrected chi connectivity index (χ1v) is 10.3. The van der Waals surface area contributed by atoms with Crippen LogP contribution in [0.4, 0.5) is 5.82 Å². The van der Waals surface area contributed by atoms with Crippen LogP contribution in [0.15, 0.2) is 53.4 Å². The summed E-state index contributed by atoms with van der Waals surface area (Å²) >= 11 is 3.19. The minimum atomic E-state index is -0.0724. The van der Waals surface area contributed by atoms with Gasteiger partial charge in [0.05, 0.1) is 23.2 Å². The molecule has 4 aromatic rings. The van der Waals surface area contributed by atoms with Gasteiger partial charge < -0.3 is 5.32 Å². The maximum absolute atomic E-state index is 12.5. The summed E-state index contributed by atoms with van der Waals surface area (Å²) in [4.78, 5) is 22.7. The van der Waals surface area contributed by atoms with E-state index in [9.17, 15) is 4.79 Å². The lowest BCUT2D eigenvalue weighted by molar-refractivity contribution is -0.115. The number of thiophene rings is 1. The van der Waals surface area contributed by atoms with Crippen molar-refractivity contribution in [2.45, 2.75) is 20.3 Å². The summed E-state index contributed by atoms with van der Waals surface area (Å²) in [7, 11) is 0.